The minimum absolute atomic E-state index is 0.141. The molecule has 2 rings (SSSR count). The summed E-state index contributed by atoms with van der Waals surface area (Å²) in [5.41, 5.74) is 0.752. The molecular weight excluding hydrogens is 285 g/mol. The van der Waals surface area contributed by atoms with Crippen LogP contribution in [0, 0.1) is 5.82 Å². The molecule has 17 heavy (non-hydrogen) atoms. The summed E-state index contributed by atoms with van der Waals surface area (Å²) >= 11 is 3.27. The van der Waals surface area contributed by atoms with Gasteiger partial charge in [-0.3, -0.25) is 4.90 Å². The van der Waals surface area contributed by atoms with E-state index in [1.54, 1.807) is 0 Å². The molecule has 2 nitrogen and oxygen atoms in total. The molecule has 1 aromatic carbocycles. The van der Waals surface area contributed by atoms with E-state index in [1.807, 2.05) is 12.1 Å². The Hall–Kier alpha value is -0.450. The van der Waals surface area contributed by atoms with Crippen molar-refractivity contribution in [3.63, 3.8) is 0 Å². The number of benzene rings is 1. The maximum Gasteiger partial charge on any atom is 0.128 e. The number of ether oxygens (including phenoxy) is 1. The first-order valence-corrected chi connectivity index (χ1v) is 6.72. The quantitative estimate of drug-likeness (QED) is 0.832. The second kappa shape index (κ2) is 5.94. The van der Waals surface area contributed by atoms with Gasteiger partial charge in [-0.25, -0.2) is 4.39 Å². The smallest absolute Gasteiger partial charge is 0.128 e. The highest BCUT2D eigenvalue weighted by molar-refractivity contribution is 9.10. The van der Waals surface area contributed by atoms with Gasteiger partial charge in [-0.05, 0) is 25.5 Å². The standard InChI is InChI=1S/C13H17BrFNO/c1-10-8-16(5-2-6-17-10)9-11-3-4-12(14)7-13(11)15/h3-4,7,10H,2,5-6,8-9H2,1H3. The van der Waals surface area contributed by atoms with Gasteiger partial charge in [-0.1, -0.05) is 22.0 Å². The van der Waals surface area contributed by atoms with Crippen LogP contribution in [0.15, 0.2) is 22.7 Å². The molecule has 1 heterocycles. The highest BCUT2D eigenvalue weighted by atomic mass is 79.9. The van der Waals surface area contributed by atoms with Crippen LogP contribution in [0.2, 0.25) is 0 Å². The summed E-state index contributed by atoms with van der Waals surface area (Å²) in [6.07, 6.45) is 1.25. The lowest BCUT2D eigenvalue weighted by Crippen LogP contribution is -2.30. The summed E-state index contributed by atoms with van der Waals surface area (Å²) in [6, 6.07) is 5.25. The summed E-state index contributed by atoms with van der Waals surface area (Å²) in [5.74, 6) is -0.141. The van der Waals surface area contributed by atoms with Gasteiger partial charge in [0.05, 0.1) is 6.10 Å². The van der Waals surface area contributed by atoms with Crippen molar-refractivity contribution in [2.45, 2.75) is 26.0 Å². The zero-order valence-electron chi connectivity index (χ0n) is 9.96. The van der Waals surface area contributed by atoms with Crippen LogP contribution in [-0.2, 0) is 11.3 Å². The van der Waals surface area contributed by atoms with Crippen molar-refractivity contribution in [3.05, 3.63) is 34.1 Å². The molecule has 1 aliphatic rings. The second-order valence-electron chi connectivity index (χ2n) is 4.51. The van der Waals surface area contributed by atoms with E-state index in [2.05, 4.69) is 27.8 Å². The first kappa shape index (κ1) is 13.0. The fourth-order valence-corrected chi connectivity index (χ4v) is 2.45. The molecule has 0 bridgehead atoms. The molecule has 1 saturated heterocycles. The van der Waals surface area contributed by atoms with Crippen LogP contribution in [-0.4, -0.2) is 30.7 Å². The fourth-order valence-electron chi connectivity index (χ4n) is 2.11. The van der Waals surface area contributed by atoms with Crippen molar-refractivity contribution in [2.24, 2.45) is 0 Å². The largest absolute Gasteiger partial charge is 0.377 e. The summed E-state index contributed by atoms with van der Waals surface area (Å²) in [5, 5.41) is 0. The van der Waals surface area contributed by atoms with Crippen LogP contribution in [0.25, 0.3) is 0 Å². The Bertz CT molecular complexity index is 386. The number of hydrogen-bond donors (Lipinski definition) is 0. The lowest BCUT2D eigenvalue weighted by atomic mass is 10.2. The van der Waals surface area contributed by atoms with Gasteiger partial charge in [0.2, 0.25) is 0 Å². The van der Waals surface area contributed by atoms with Crippen molar-refractivity contribution in [1.29, 1.82) is 0 Å². The van der Waals surface area contributed by atoms with Crippen molar-refractivity contribution in [2.75, 3.05) is 19.7 Å². The van der Waals surface area contributed by atoms with Gasteiger partial charge in [-0.15, -0.1) is 0 Å². The molecule has 0 N–H and O–H groups in total. The van der Waals surface area contributed by atoms with Gasteiger partial charge in [0.25, 0.3) is 0 Å². The number of halogens is 2. The van der Waals surface area contributed by atoms with Gasteiger partial charge in [-0.2, -0.15) is 0 Å². The summed E-state index contributed by atoms with van der Waals surface area (Å²) in [6.45, 7) is 5.37. The zero-order chi connectivity index (χ0) is 12.3. The predicted octanol–water partition coefficient (Wildman–Crippen LogP) is 3.20. The molecule has 1 aliphatic heterocycles. The Morgan fingerprint density at radius 1 is 1.53 bits per heavy atom. The maximum absolute atomic E-state index is 13.7. The number of rotatable bonds is 2. The van der Waals surface area contributed by atoms with Gasteiger partial charge >= 0.3 is 0 Å². The third-order valence-corrected chi connectivity index (χ3v) is 3.44. The minimum atomic E-state index is -0.141. The highest BCUT2D eigenvalue weighted by Crippen LogP contribution is 2.18. The van der Waals surface area contributed by atoms with Crippen molar-refractivity contribution in [3.8, 4) is 0 Å². The lowest BCUT2D eigenvalue weighted by Gasteiger charge is -2.22. The number of nitrogens with zero attached hydrogens (tertiary/aromatic N) is 1. The minimum Gasteiger partial charge on any atom is -0.377 e. The molecule has 0 saturated carbocycles. The lowest BCUT2D eigenvalue weighted by molar-refractivity contribution is 0.0666. The van der Waals surface area contributed by atoms with Crippen LogP contribution in [0.5, 0.6) is 0 Å². The second-order valence-corrected chi connectivity index (χ2v) is 5.42. The van der Waals surface area contributed by atoms with E-state index in [1.165, 1.54) is 6.07 Å². The van der Waals surface area contributed by atoms with E-state index in [-0.39, 0.29) is 11.9 Å². The molecule has 1 fully saturated rings. The third-order valence-electron chi connectivity index (χ3n) is 2.95. The van der Waals surface area contributed by atoms with Crippen LogP contribution in [0.4, 0.5) is 4.39 Å². The van der Waals surface area contributed by atoms with Gasteiger partial charge in [0, 0.05) is 36.3 Å². The molecule has 0 spiro atoms. The van der Waals surface area contributed by atoms with Crippen LogP contribution in [0.3, 0.4) is 0 Å². The van der Waals surface area contributed by atoms with Crippen molar-refractivity contribution in [1.82, 2.24) is 4.90 Å². The average molecular weight is 302 g/mol. The summed E-state index contributed by atoms with van der Waals surface area (Å²) in [4.78, 5) is 2.25. The van der Waals surface area contributed by atoms with E-state index in [0.29, 0.717) is 6.54 Å². The maximum atomic E-state index is 13.7. The molecule has 0 aromatic heterocycles. The van der Waals surface area contributed by atoms with E-state index in [0.717, 1.165) is 36.2 Å². The molecule has 1 atom stereocenters. The summed E-state index contributed by atoms with van der Waals surface area (Å²) < 4.78 is 20.1. The molecule has 0 radical (unpaired) electrons. The van der Waals surface area contributed by atoms with Crippen molar-refractivity contribution < 1.29 is 9.13 Å². The van der Waals surface area contributed by atoms with Gasteiger partial charge < -0.3 is 4.74 Å². The molecule has 94 valence electrons. The van der Waals surface area contributed by atoms with E-state index in [4.69, 9.17) is 4.74 Å². The van der Waals surface area contributed by atoms with Crippen LogP contribution in [0.1, 0.15) is 18.9 Å². The number of hydrogen-bond acceptors (Lipinski definition) is 2. The Kier molecular flexibility index (Phi) is 4.54. The Balaban J connectivity index is 2.03. The summed E-state index contributed by atoms with van der Waals surface area (Å²) in [7, 11) is 0. The molecule has 4 heteroatoms. The van der Waals surface area contributed by atoms with Crippen LogP contribution >= 0.6 is 15.9 Å². The molecular formula is C13H17BrFNO. The van der Waals surface area contributed by atoms with Crippen molar-refractivity contribution >= 4 is 15.9 Å². The zero-order valence-corrected chi connectivity index (χ0v) is 11.5. The van der Waals surface area contributed by atoms with E-state index in [9.17, 15) is 4.39 Å². The van der Waals surface area contributed by atoms with E-state index < -0.39 is 0 Å². The van der Waals surface area contributed by atoms with Crippen LogP contribution < -0.4 is 0 Å². The predicted molar refractivity (Wildman–Crippen MR) is 69.4 cm³/mol. The normalized spacial score (nSPS) is 22.4. The molecule has 0 amide bonds. The first-order valence-electron chi connectivity index (χ1n) is 5.93. The average Bonchev–Trinajstić information content (AvgIpc) is 2.47. The fraction of sp³-hybridized carbons (Fsp3) is 0.538. The van der Waals surface area contributed by atoms with Gasteiger partial charge in [0.15, 0.2) is 0 Å². The SMILES string of the molecule is CC1CN(Cc2ccc(Br)cc2F)CCCO1. The monoisotopic (exact) mass is 301 g/mol. The first-order chi connectivity index (χ1) is 8.15. The molecule has 1 unspecified atom stereocenters. The Labute approximate surface area is 110 Å². The van der Waals surface area contributed by atoms with E-state index >= 15 is 0 Å². The molecule has 0 aliphatic carbocycles. The Morgan fingerprint density at radius 2 is 2.35 bits per heavy atom. The molecule has 1 aromatic rings. The topological polar surface area (TPSA) is 12.5 Å². The highest BCUT2D eigenvalue weighted by Gasteiger charge is 2.16. The third kappa shape index (κ3) is 3.76. The Morgan fingerprint density at radius 3 is 3.12 bits per heavy atom. The van der Waals surface area contributed by atoms with Gasteiger partial charge in [0.1, 0.15) is 5.82 Å².